The number of aromatic nitrogens is 1. The zero-order valence-corrected chi connectivity index (χ0v) is 16.8. The number of aliphatic hydroxyl groups excluding tert-OH is 1. The Morgan fingerprint density at radius 3 is 2.47 bits per heavy atom. The van der Waals surface area contributed by atoms with Gasteiger partial charge in [-0.05, 0) is 29.8 Å². The molecule has 3 aromatic rings. The Kier molecular flexibility index (Phi) is 7.24. The van der Waals surface area contributed by atoms with E-state index in [4.69, 9.17) is 18.9 Å². The fraction of sp³-hybridized carbons (Fsp3) is 0.217. The topological polar surface area (TPSA) is 87.1 Å². The van der Waals surface area contributed by atoms with Crippen molar-refractivity contribution >= 4 is 5.97 Å². The lowest BCUT2D eigenvalue weighted by Crippen LogP contribution is -2.11. The summed E-state index contributed by atoms with van der Waals surface area (Å²) >= 11 is 0. The maximum Gasteiger partial charge on any atom is 0.337 e. The zero-order valence-electron chi connectivity index (χ0n) is 16.8. The molecule has 2 aromatic carbocycles. The minimum atomic E-state index is -0.924. The van der Waals surface area contributed by atoms with Crippen molar-refractivity contribution in [3.05, 3.63) is 83.6 Å². The van der Waals surface area contributed by atoms with Gasteiger partial charge in [0.05, 0.1) is 19.8 Å². The zero-order chi connectivity index (χ0) is 21.3. The van der Waals surface area contributed by atoms with E-state index in [1.54, 1.807) is 24.3 Å². The van der Waals surface area contributed by atoms with Gasteiger partial charge in [-0.3, -0.25) is 0 Å². The number of ether oxygens (including phenoxy) is 4. The van der Waals surface area contributed by atoms with E-state index in [2.05, 4.69) is 4.98 Å². The molecule has 0 aliphatic rings. The van der Waals surface area contributed by atoms with Crippen molar-refractivity contribution in [3.63, 3.8) is 0 Å². The molecule has 1 aromatic heterocycles. The largest absolute Gasteiger partial charge is 0.487 e. The van der Waals surface area contributed by atoms with Crippen LogP contribution in [-0.2, 0) is 11.3 Å². The van der Waals surface area contributed by atoms with Gasteiger partial charge in [0, 0.05) is 17.8 Å². The summed E-state index contributed by atoms with van der Waals surface area (Å²) in [5.74, 6) is 0.740. The number of carbonyl (C=O) groups excluding carboxylic acids is 1. The molecule has 0 spiro atoms. The second kappa shape index (κ2) is 10.3. The Balaban J connectivity index is 1.74. The molecule has 1 unspecified atom stereocenters. The lowest BCUT2D eigenvalue weighted by molar-refractivity contribution is 0.0599. The Hall–Kier alpha value is -3.58. The van der Waals surface area contributed by atoms with Gasteiger partial charge in [0.15, 0.2) is 11.5 Å². The summed E-state index contributed by atoms with van der Waals surface area (Å²) in [5.41, 5.74) is 1.89. The Morgan fingerprint density at radius 1 is 1.00 bits per heavy atom. The van der Waals surface area contributed by atoms with Crippen molar-refractivity contribution in [2.24, 2.45) is 0 Å². The molecule has 0 aliphatic heterocycles. The van der Waals surface area contributed by atoms with E-state index in [1.165, 1.54) is 26.5 Å². The van der Waals surface area contributed by atoms with Gasteiger partial charge in [0.25, 0.3) is 0 Å². The van der Waals surface area contributed by atoms with E-state index in [0.29, 0.717) is 35.1 Å². The van der Waals surface area contributed by atoms with Crippen LogP contribution in [0.15, 0.2) is 66.9 Å². The highest BCUT2D eigenvalue weighted by Crippen LogP contribution is 2.30. The number of benzene rings is 2. The lowest BCUT2D eigenvalue weighted by atomic mass is 10.1. The predicted octanol–water partition coefficient (Wildman–Crippen LogP) is 3.57. The van der Waals surface area contributed by atoms with Gasteiger partial charge in [-0.1, -0.05) is 30.3 Å². The molecule has 1 atom stereocenters. The molecular formula is C23H23NO6. The number of aliphatic hydroxyl groups is 1. The Morgan fingerprint density at radius 2 is 1.80 bits per heavy atom. The Labute approximate surface area is 174 Å². The predicted molar refractivity (Wildman–Crippen MR) is 110 cm³/mol. The average Bonchev–Trinajstić information content (AvgIpc) is 2.81. The van der Waals surface area contributed by atoms with Crippen molar-refractivity contribution in [2.45, 2.75) is 12.7 Å². The van der Waals surface area contributed by atoms with Crippen LogP contribution in [0.1, 0.15) is 27.6 Å². The SMILES string of the molecule is COC(=O)c1ccc(OCc2ccccc2)c(OCC(O)c2ccc(OC)nc2)c1. The average molecular weight is 409 g/mol. The van der Waals surface area contributed by atoms with Crippen LogP contribution >= 0.6 is 0 Å². The molecule has 1 heterocycles. The monoisotopic (exact) mass is 409 g/mol. The van der Waals surface area contributed by atoms with E-state index < -0.39 is 12.1 Å². The quantitative estimate of drug-likeness (QED) is 0.541. The molecule has 1 N–H and O–H groups in total. The second-order valence-corrected chi connectivity index (χ2v) is 6.39. The number of methoxy groups -OCH3 is 2. The van der Waals surface area contributed by atoms with Crippen LogP contribution in [0.3, 0.4) is 0 Å². The molecular weight excluding hydrogens is 386 g/mol. The third-order valence-corrected chi connectivity index (χ3v) is 4.35. The lowest BCUT2D eigenvalue weighted by Gasteiger charge is -2.16. The molecule has 7 heteroatoms. The summed E-state index contributed by atoms with van der Waals surface area (Å²) in [7, 11) is 2.83. The number of hydrogen-bond donors (Lipinski definition) is 1. The molecule has 0 amide bonds. The summed E-state index contributed by atoms with van der Waals surface area (Å²) in [4.78, 5) is 16.0. The summed E-state index contributed by atoms with van der Waals surface area (Å²) < 4.78 is 21.5. The molecule has 7 nitrogen and oxygen atoms in total. The smallest absolute Gasteiger partial charge is 0.337 e. The summed E-state index contributed by atoms with van der Waals surface area (Å²) in [6.07, 6.45) is 0.594. The third-order valence-electron chi connectivity index (χ3n) is 4.35. The van der Waals surface area contributed by atoms with Crippen molar-refractivity contribution in [1.82, 2.24) is 4.98 Å². The maximum atomic E-state index is 11.9. The van der Waals surface area contributed by atoms with Crippen LogP contribution in [0.25, 0.3) is 0 Å². The van der Waals surface area contributed by atoms with E-state index in [-0.39, 0.29) is 6.61 Å². The van der Waals surface area contributed by atoms with Crippen molar-refractivity contribution in [1.29, 1.82) is 0 Å². The highest BCUT2D eigenvalue weighted by Gasteiger charge is 2.15. The van der Waals surface area contributed by atoms with Gasteiger partial charge in [-0.15, -0.1) is 0 Å². The van der Waals surface area contributed by atoms with Gasteiger partial charge in [0.2, 0.25) is 5.88 Å². The number of pyridine rings is 1. The summed E-state index contributed by atoms with van der Waals surface area (Å²) in [6, 6.07) is 17.8. The fourth-order valence-corrected chi connectivity index (χ4v) is 2.69. The first kappa shape index (κ1) is 21.1. The van der Waals surface area contributed by atoms with Gasteiger partial charge in [-0.25, -0.2) is 9.78 Å². The second-order valence-electron chi connectivity index (χ2n) is 6.39. The molecule has 3 rings (SSSR count). The van der Waals surface area contributed by atoms with Gasteiger partial charge >= 0.3 is 5.97 Å². The number of rotatable bonds is 9. The number of nitrogens with zero attached hydrogens (tertiary/aromatic N) is 1. The van der Waals surface area contributed by atoms with Gasteiger partial charge in [0.1, 0.15) is 19.3 Å². The number of esters is 1. The molecule has 0 fully saturated rings. The van der Waals surface area contributed by atoms with E-state index in [1.807, 2.05) is 30.3 Å². The third kappa shape index (κ3) is 5.48. The van der Waals surface area contributed by atoms with E-state index in [0.717, 1.165) is 5.56 Å². The van der Waals surface area contributed by atoms with E-state index >= 15 is 0 Å². The van der Waals surface area contributed by atoms with Gasteiger partial charge in [-0.2, -0.15) is 0 Å². The minimum Gasteiger partial charge on any atom is -0.487 e. The van der Waals surface area contributed by atoms with Crippen LogP contribution in [0.5, 0.6) is 17.4 Å². The molecule has 0 saturated carbocycles. The first-order valence-corrected chi connectivity index (χ1v) is 9.30. The normalized spacial score (nSPS) is 11.4. The van der Waals surface area contributed by atoms with Crippen LogP contribution in [0, 0.1) is 0 Å². The van der Waals surface area contributed by atoms with Crippen molar-refractivity contribution < 1.29 is 28.8 Å². The minimum absolute atomic E-state index is 0.0552. The maximum absolute atomic E-state index is 11.9. The molecule has 0 bridgehead atoms. The van der Waals surface area contributed by atoms with Gasteiger partial charge < -0.3 is 24.1 Å². The highest BCUT2D eigenvalue weighted by molar-refractivity contribution is 5.90. The first-order valence-electron chi connectivity index (χ1n) is 9.30. The molecule has 0 aliphatic carbocycles. The highest BCUT2D eigenvalue weighted by atomic mass is 16.5. The van der Waals surface area contributed by atoms with Crippen LogP contribution in [0.2, 0.25) is 0 Å². The molecule has 156 valence electrons. The van der Waals surface area contributed by atoms with Crippen molar-refractivity contribution in [3.8, 4) is 17.4 Å². The standard InChI is InChI=1S/C23H23NO6/c1-27-22-11-9-18(13-24-22)19(25)15-30-21-12-17(23(26)28-2)8-10-20(21)29-14-16-6-4-3-5-7-16/h3-13,19,25H,14-15H2,1-2H3. The summed E-state index contributed by atoms with van der Waals surface area (Å²) in [5, 5.41) is 10.4. The van der Waals surface area contributed by atoms with Crippen LogP contribution in [-0.4, -0.2) is 36.9 Å². The Bertz CT molecular complexity index is 959. The molecule has 0 saturated heterocycles. The molecule has 0 radical (unpaired) electrons. The van der Waals surface area contributed by atoms with Crippen molar-refractivity contribution in [2.75, 3.05) is 20.8 Å². The van der Waals surface area contributed by atoms with Crippen LogP contribution in [0.4, 0.5) is 0 Å². The van der Waals surface area contributed by atoms with Crippen LogP contribution < -0.4 is 14.2 Å². The summed E-state index contributed by atoms with van der Waals surface area (Å²) in [6.45, 7) is 0.278. The number of carbonyl (C=O) groups is 1. The fourth-order valence-electron chi connectivity index (χ4n) is 2.69. The molecule has 30 heavy (non-hydrogen) atoms. The number of hydrogen-bond acceptors (Lipinski definition) is 7. The first-order chi connectivity index (χ1) is 14.6. The van der Waals surface area contributed by atoms with E-state index in [9.17, 15) is 9.90 Å².